The van der Waals surface area contributed by atoms with Gasteiger partial charge in [-0.25, -0.2) is 5.01 Å². The molecule has 18 heavy (non-hydrogen) atoms. The third kappa shape index (κ3) is 1.89. The Kier molecular flexibility index (Phi) is 3.10. The van der Waals surface area contributed by atoms with Gasteiger partial charge in [-0.2, -0.15) is 5.10 Å². The zero-order valence-electron chi connectivity index (χ0n) is 10.7. The summed E-state index contributed by atoms with van der Waals surface area (Å²) in [6.45, 7) is 5.93. The van der Waals surface area contributed by atoms with Crippen molar-refractivity contribution in [3.8, 4) is 0 Å². The Balaban J connectivity index is 1.95. The minimum atomic E-state index is -0.785. The summed E-state index contributed by atoms with van der Waals surface area (Å²) in [5.74, 6) is -0.269. The van der Waals surface area contributed by atoms with Crippen molar-refractivity contribution in [1.29, 1.82) is 0 Å². The van der Waals surface area contributed by atoms with Crippen LogP contribution in [0.5, 0.6) is 0 Å². The van der Waals surface area contributed by atoms with Crippen LogP contribution in [0.2, 0.25) is 0 Å². The molecule has 1 aliphatic heterocycles. The summed E-state index contributed by atoms with van der Waals surface area (Å²) in [4.78, 5) is 16.8. The summed E-state index contributed by atoms with van der Waals surface area (Å²) in [5, 5.41) is 9.01. The molecule has 0 aromatic carbocycles. The van der Waals surface area contributed by atoms with Crippen LogP contribution in [0.15, 0.2) is 10.3 Å². The Bertz CT molecular complexity index is 443. The summed E-state index contributed by atoms with van der Waals surface area (Å²) >= 11 is 12.2. The molecule has 1 heterocycles. The predicted octanol–water partition coefficient (Wildman–Crippen LogP) is 2.04. The molecule has 100 valence electrons. The van der Waals surface area contributed by atoms with Crippen LogP contribution in [0.1, 0.15) is 20.8 Å². The zero-order valence-corrected chi connectivity index (χ0v) is 12.2. The average Bonchev–Trinajstić information content (AvgIpc) is 2.49. The standard InChI is InChI=1S/C11H15Cl2N3O2/c1-6-8(9(17)16(4)14-6)15-18-5-7-10(2,3)11(7,12)13/h7H,5H2,1-4H3. The quantitative estimate of drug-likeness (QED) is 0.590. The number of hydrazone groups is 1. The Morgan fingerprint density at radius 2 is 2.06 bits per heavy atom. The highest BCUT2D eigenvalue weighted by Crippen LogP contribution is 2.68. The van der Waals surface area contributed by atoms with Crippen LogP contribution in [0, 0.1) is 11.3 Å². The van der Waals surface area contributed by atoms with Gasteiger partial charge < -0.3 is 4.84 Å². The highest BCUT2D eigenvalue weighted by molar-refractivity contribution is 6.68. The Labute approximate surface area is 116 Å². The van der Waals surface area contributed by atoms with Crippen LogP contribution in [0.3, 0.4) is 0 Å². The van der Waals surface area contributed by atoms with Gasteiger partial charge in [-0.05, 0) is 6.92 Å². The van der Waals surface area contributed by atoms with Gasteiger partial charge in [0.2, 0.25) is 0 Å². The number of hydrogen-bond acceptors (Lipinski definition) is 4. The smallest absolute Gasteiger partial charge is 0.297 e. The number of amides is 1. The van der Waals surface area contributed by atoms with E-state index in [0.717, 1.165) is 0 Å². The Morgan fingerprint density at radius 1 is 1.50 bits per heavy atom. The molecule has 7 heteroatoms. The van der Waals surface area contributed by atoms with Crippen molar-refractivity contribution < 1.29 is 9.63 Å². The summed E-state index contributed by atoms with van der Waals surface area (Å²) in [5.41, 5.74) is 0.571. The maximum atomic E-state index is 11.6. The van der Waals surface area contributed by atoms with E-state index < -0.39 is 4.33 Å². The van der Waals surface area contributed by atoms with Gasteiger partial charge in [0.05, 0.1) is 5.71 Å². The topological polar surface area (TPSA) is 54.3 Å². The molecular weight excluding hydrogens is 277 g/mol. The largest absolute Gasteiger partial charge is 0.395 e. The van der Waals surface area contributed by atoms with E-state index in [2.05, 4.69) is 10.3 Å². The van der Waals surface area contributed by atoms with E-state index in [1.54, 1.807) is 14.0 Å². The predicted molar refractivity (Wildman–Crippen MR) is 71.0 cm³/mol. The minimum absolute atomic E-state index is 0.00385. The molecule has 0 aromatic rings. The summed E-state index contributed by atoms with van der Waals surface area (Å²) in [6.07, 6.45) is 0. The first-order valence-corrected chi connectivity index (χ1v) is 6.36. The molecule has 2 rings (SSSR count). The van der Waals surface area contributed by atoms with Crippen LogP contribution in [-0.4, -0.2) is 40.3 Å². The van der Waals surface area contributed by atoms with Gasteiger partial charge in [-0.3, -0.25) is 4.79 Å². The fraction of sp³-hybridized carbons (Fsp3) is 0.727. The highest BCUT2D eigenvalue weighted by Gasteiger charge is 2.70. The SMILES string of the molecule is CC1=NN(C)C(=O)C1=NOCC1C(C)(C)C1(Cl)Cl. The summed E-state index contributed by atoms with van der Waals surface area (Å²) < 4.78 is -0.785. The molecule has 0 bridgehead atoms. The molecule has 1 unspecified atom stereocenters. The van der Waals surface area contributed by atoms with E-state index in [9.17, 15) is 4.79 Å². The van der Waals surface area contributed by atoms with Gasteiger partial charge >= 0.3 is 0 Å². The number of oxime groups is 1. The fourth-order valence-corrected chi connectivity index (χ4v) is 2.80. The molecule has 0 spiro atoms. The van der Waals surface area contributed by atoms with Crippen LogP contribution in [0.4, 0.5) is 0 Å². The van der Waals surface area contributed by atoms with Crippen LogP contribution in [0.25, 0.3) is 0 Å². The number of alkyl halides is 2. The Morgan fingerprint density at radius 3 is 2.44 bits per heavy atom. The van der Waals surface area contributed by atoms with Gasteiger partial charge in [0.1, 0.15) is 10.9 Å². The molecule has 1 fully saturated rings. The lowest BCUT2D eigenvalue weighted by atomic mass is 10.1. The molecule has 0 radical (unpaired) electrons. The van der Waals surface area contributed by atoms with E-state index >= 15 is 0 Å². The third-order valence-electron chi connectivity index (χ3n) is 3.62. The lowest BCUT2D eigenvalue weighted by Gasteiger charge is -2.02. The first kappa shape index (κ1) is 13.6. The second-order valence-electron chi connectivity index (χ2n) is 5.15. The molecule has 1 aliphatic carbocycles. The first-order chi connectivity index (χ1) is 8.19. The van der Waals surface area contributed by atoms with Gasteiger partial charge in [0.15, 0.2) is 5.71 Å². The summed E-state index contributed by atoms with van der Waals surface area (Å²) in [7, 11) is 1.57. The minimum Gasteiger partial charge on any atom is -0.395 e. The first-order valence-electron chi connectivity index (χ1n) is 5.61. The van der Waals surface area contributed by atoms with E-state index in [1.807, 2.05) is 13.8 Å². The van der Waals surface area contributed by atoms with E-state index in [4.69, 9.17) is 28.0 Å². The molecule has 1 saturated carbocycles. The van der Waals surface area contributed by atoms with Crippen LogP contribution < -0.4 is 0 Å². The van der Waals surface area contributed by atoms with Gasteiger partial charge in [-0.15, -0.1) is 23.2 Å². The zero-order chi connectivity index (χ0) is 13.7. The molecule has 2 aliphatic rings. The van der Waals surface area contributed by atoms with Crippen molar-refractivity contribution in [1.82, 2.24) is 5.01 Å². The number of rotatable bonds is 3. The molecule has 1 atom stereocenters. The van der Waals surface area contributed by atoms with E-state index in [-0.39, 0.29) is 29.6 Å². The van der Waals surface area contributed by atoms with Gasteiger partial charge in [0.25, 0.3) is 5.91 Å². The Hall–Kier alpha value is -0.810. The third-order valence-corrected chi connectivity index (χ3v) is 5.12. The lowest BCUT2D eigenvalue weighted by Crippen LogP contribution is -2.24. The second-order valence-corrected chi connectivity index (χ2v) is 6.53. The molecule has 5 nitrogen and oxygen atoms in total. The summed E-state index contributed by atoms with van der Waals surface area (Å²) in [6, 6.07) is 0. The molecular formula is C11H15Cl2N3O2. The number of carbonyl (C=O) groups is 1. The fourth-order valence-electron chi connectivity index (χ4n) is 1.98. The maximum Gasteiger partial charge on any atom is 0.297 e. The van der Waals surface area contributed by atoms with E-state index in [0.29, 0.717) is 5.71 Å². The van der Waals surface area contributed by atoms with Crippen molar-refractivity contribution in [3.63, 3.8) is 0 Å². The van der Waals surface area contributed by atoms with Crippen LogP contribution in [-0.2, 0) is 9.63 Å². The number of halogens is 2. The molecule has 0 saturated heterocycles. The molecule has 0 N–H and O–H groups in total. The van der Waals surface area contributed by atoms with Crippen LogP contribution >= 0.6 is 23.2 Å². The normalized spacial score (nSPS) is 30.7. The monoisotopic (exact) mass is 291 g/mol. The highest BCUT2D eigenvalue weighted by atomic mass is 35.5. The molecule has 1 amide bonds. The second kappa shape index (κ2) is 4.10. The average molecular weight is 292 g/mol. The number of nitrogens with zero attached hydrogens (tertiary/aromatic N) is 3. The molecule has 0 aromatic heterocycles. The van der Waals surface area contributed by atoms with Gasteiger partial charge in [-0.1, -0.05) is 19.0 Å². The maximum absolute atomic E-state index is 11.6. The van der Waals surface area contributed by atoms with Crippen molar-refractivity contribution in [2.45, 2.75) is 25.1 Å². The number of carbonyl (C=O) groups excluding carboxylic acids is 1. The van der Waals surface area contributed by atoms with Crippen molar-refractivity contribution >= 4 is 40.5 Å². The van der Waals surface area contributed by atoms with Crippen molar-refractivity contribution in [2.75, 3.05) is 13.7 Å². The van der Waals surface area contributed by atoms with Crippen molar-refractivity contribution in [3.05, 3.63) is 0 Å². The van der Waals surface area contributed by atoms with E-state index in [1.165, 1.54) is 5.01 Å². The lowest BCUT2D eigenvalue weighted by molar-refractivity contribution is -0.122. The van der Waals surface area contributed by atoms with Crippen molar-refractivity contribution in [2.24, 2.45) is 21.6 Å². The van der Waals surface area contributed by atoms with Gasteiger partial charge in [0, 0.05) is 18.4 Å². The number of hydrogen-bond donors (Lipinski definition) is 0.